The molecule has 0 spiro atoms. The van der Waals surface area contributed by atoms with Crippen molar-refractivity contribution in [2.75, 3.05) is 13.2 Å². The Bertz CT molecular complexity index is 203. The average molecular weight is 189 g/mol. The molecule has 0 aromatic carbocycles. The van der Waals surface area contributed by atoms with Crippen molar-refractivity contribution in [2.24, 2.45) is 0 Å². The molecular formula is C7H11NO5. The summed E-state index contributed by atoms with van der Waals surface area (Å²) in [4.78, 5) is 20.3. The highest BCUT2D eigenvalue weighted by Gasteiger charge is 2.31. The molecule has 6 nitrogen and oxygen atoms in total. The quantitative estimate of drug-likeness (QED) is 0.198. The molecule has 0 bridgehead atoms. The maximum absolute atomic E-state index is 10.9. The second-order valence-electron chi connectivity index (χ2n) is 2.01. The molecule has 6 heteroatoms. The summed E-state index contributed by atoms with van der Waals surface area (Å²) in [5, 5.41) is 10.3. The lowest BCUT2D eigenvalue weighted by Crippen LogP contribution is -2.34. The van der Waals surface area contributed by atoms with Crippen LogP contribution in [0.4, 0.5) is 0 Å². The van der Waals surface area contributed by atoms with Crippen LogP contribution in [0.2, 0.25) is 0 Å². The molecule has 0 saturated heterocycles. The van der Waals surface area contributed by atoms with Crippen LogP contribution in [-0.2, 0) is 14.3 Å². The Morgan fingerprint density at radius 2 is 2.38 bits per heavy atom. The Labute approximate surface area is 75.3 Å². The van der Waals surface area contributed by atoms with Gasteiger partial charge in [-0.05, 0) is 6.92 Å². The highest BCUT2D eigenvalue weighted by Crippen LogP contribution is 1.97. The number of hydrogen-bond acceptors (Lipinski definition) is 5. The number of carbonyl (C=O) groups excluding carboxylic acids is 1. The fourth-order valence-electron chi connectivity index (χ4n) is 0.588. The minimum Gasteiger partial charge on any atom is -0.459 e. The van der Waals surface area contributed by atoms with Crippen LogP contribution in [0, 0.1) is 10.1 Å². The number of hydrogen-bond donors (Lipinski definition) is 0. The van der Waals surface area contributed by atoms with Gasteiger partial charge in [0.2, 0.25) is 0 Å². The maximum atomic E-state index is 10.9. The zero-order valence-electron chi connectivity index (χ0n) is 7.26. The van der Waals surface area contributed by atoms with Gasteiger partial charge in [-0.15, -0.1) is 6.58 Å². The van der Waals surface area contributed by atoms with E-state index in [0.29, 0.717) is 0 Å². The van der Waals surface area contributed by atoms with E-state index in [9.17, 15) is 14.9 Å². The Kier molecular flexibility index (Phi) is 5.45. The van der Waals surface area contributed by atoms with Crippen molar-refractivity contribution in [3.63, 3.8) is 0 Å². The van der Waals surface area contributed by atoms with Gasteiger partial charge in [0.1, 0.15) is 0 Å². The molecule has 0 aromatic heterocycles. The zero-order chi connectivity index (χ0) is 10.3. The highest BCUT2D eigenvalue weighted by molar-refractivity contribution is 5.72. The van der Waals surface area contributed by atoms with Crippen LogP contribution in [0.1, 0.15) is 6.92 Å². The summed E-state index contributed by atoms with van der Waals surface area (Å²) >= 11 is 0. The highest BCUT2D eigenvalue weighted by atomic mass is 16.7. The zero-order valence-corrected chi connectivity index (χ0v) is 7.26. The van der Waals surface area contributed by atoms with E-state index in [-0.39, 0.29) is 13.2 Å². The Balaban J connectivity index is 4.15. The van der Waals surface area contributed by atoms with Crippen LogP contribution in [0.3, 0.4) is 0 Å². The number of nitrogens with zero attached hydrogens (tertiary/aromatic N) is 1. The SMILES string of the molecule is C=CCOC(C(=O)OCC)[N+](=O)[O-]. The monoisotopic (exact) mass is 189 g/mol. The van der Waals surface area contributed by atoms with Gasteiger partial charge in [-0.25, -0.2) is 4.79 Å². The lowest BCUT2D eigenvalue weighted by atomic mass is 10.5. The van der Waals surface area contributed by atoms with Crippen LogP contribution in [0.5, 0.6) is 0 Å². The molecule has 0 saturated carbocycles. The number of carbonyl (C=O) groups is 1. The first kappa shape index (κ1) is 11.6. The topological polar surface area (TPSA) is 78.7 Å². The number of rotatable bonds is 6. The fraction of sp³-hybridized carbons (Fsp3) is 0.571. The Morgan fingerprint density at radius 3 is 2.77 bits per heavy atom. The van der Waals surface area contributed by atoms with E-state index in [2.05, 4.69) is 16.1 Å². The maximum Gasteiger partial charge on any atom is 0.413 e. The Hall–Kier alpha value is -1.43. The molecule has 0 aliphatic carbocycles. The van der Waals surface area contributed by atoms with Crippen molar-refractivity contribution in [1.29, 1.82) is 0 Å². The average Bonchev–Trinajstić information content (AvgIpc) is 2.05. The van der Waals surface area contributed by atoms with E-state index in [1.807, 2.05) is 0 Å². The minimum absolute atomic E-state index is 0.0650. The second-order valence-corrected chi connectivity index (χ2v) is 2.01. The van der Waals surface area contributed by atoms with E-state index >= 15 is 0 Å². The third-order valence-electron chi connectivity index (χ3n) is 1.05. The van der Waals surface area contributed by atoms with Crippen molar-refractivity contribution in [3.05, 3.63) is 22.8 Å². The van der Waals surface area contributed by atoms with Crippen molar-refractivity contribution < 1.29 is 19.2 Å². The van der Waals surface area contributed by atoms with Crippen molar-refractivity contribution in [3.8, 4) is 0 Å². The van der Waals surface area contributed by atoms with Crippen molar-refractivity contribution in [2.45, 2.75) is 13.2 Å². The first-order valence-corrected chi connectivity index (χ1v) is 3.66. The second kappa shape index (κ2) is 6.13. The van der Waals surface area contributed by atoms with Crippen LogP contribution in [0.15, 0.2) is 12.7 Å². The smallest absolute Gasteiger partial charge is 0.413 e. The molecule has 0 N–H and O–H groups in total. The molecule has 74 valence electrons. The summed E-state index contributed by atoms with van der Waals surface area (Å²) in [7, 11) is 0. The van der Waals surface area contributed by atoms with Gasteiger partial charge in [0.05, 0.1) is 18.1 Å². The molecule has 0 aliphatic heterocycles. The molecule has 0 aliphatic rings. The third-order valence-corrected chi connectivity index (χ3v) is 1.05. The van der Waals surface area contributed by atoms with Crippen LogP contribution in [-0.4, -0.2) is 30.3 Å². The molecule has 0 rings (SSSR count). The number of nitro groups is 1. The van der Waals surface area contributed by atoms with Gasteiger partial charge in [0.15, 0.2) is 0 Å². The predicted octanol–water partition coefficient (Wildman–Crippen LogP) is 0.355. The standard InChI is InChI=1S/C7H11NO5/c1-3-5-13-6(8(10)11)7(9)12-4-2/h3,6H,1,4-5H2,2H3. The van der Waals surface area contributed by atoms with Gasteiger partial charge in [-0.2, -0.15) is 0 Å². The summed E-state index contributed by atoms with van der Waals surface area (Å²) in [6, 6.07) is 0. The molecule has 0 radical (unpaired) electrons. The van der Waals surface area contributed by atoms with E-state index < -0.39 is 17.1 Å². The van der Waals surface area contributed by atoms with Crippen LogP contribution < -0.4 is 0 Å². The summed E-state index contributed by atoms with van der Waals surface area (Å²) in [6.45, 7) is 4.87. The molecular weight excluding hydrogens is 178 g/mol. The molecule has 1 unspecified atom stereocenters. The third kappa shape index (κ3) is 4.22. The van der Waals surface area contributed by atoms with Crippen molar-refractivity contribution in [1.82, 2.24) is 0 Å². The van der Waals surface area contributed by atoms with E-state index in [4.69, 9.17) is 0 Å². The first-order chi connectivity index (χ1) is 6.13. The summed E-state index contributed by atoms with van der Waals surface area (Å²) in [6.07, 6.45) is -0.437. The van der Waals surface area contributed by atoms with Crippen molar-refractivity contribution >= 4 is 5.97 Å². The molecule has 1 atom stereocenters. The summed E-state index contributed by atoms with van der Waals surface area (Å²) < 4.78 is 9.00. The lowest BCUT2D eigenvalue weighted by Gasteiger charge is -2.07. The van der Waals surface area contributed by atoms with E-state index in [1.54, 1.807) is 6.92 Å². The van der Waals surface area contributed by atoms with E-state index in [1.165, 1.54) is 6.08 Å². The van der Waals surface area contributed by atoms with Gasteiger partial charge in [0.25, 0.3) is 0 Å². The molecule has 13 heavy (non-hydrogen) atoms. The van der Waals surface area contributed by atoms with Gasteiger partial charge < -0.3 is 9.47 Å². The Morgan fingerprint density at radius 1 is 1.77 bits per heavy atom. The molecule has 0 amide bonds. The van der Waals surface area contributed by atoms with Gasteiger partial charge in [-0.1, -0.05) is 6.08 Å². The predicted molar refractivity (Wildman–Crippen MR) is 43.6 cm³/mol. The summed E-state index contributed by atoms with van der Waals surface area (Å²) in [5.41, 5.74) is 0. The lowest BCUT2D eigenvalue weighted by molar-refractivity contribution is -0.560. The van der Waals surface area contributed by atoms with Crippen LogP contribution in [0.25, 0.3) is 0 Å². The van der Waals surface area contributed by atoms with E-state index in [0.717, 1.165) is 0 Å². The van der Waals surface area contributed by atoms with Crippen LogP contribution >= 0.6 is 0 Å². The van der Waals surface area contributed by atoms with Gasteiger partial charge in [0, 0.05) is 0 Å². The normalized spacial score (nSPS) is 11.8. The molecule has 0 heterocycles. The largest absolute Gasteiger partial charge is 0.459 e. The minimum atomic E-state index is -1.75. The molecule has 0 fully saturated rings. The summed E-state index contributed by atoms with van der Waals surface area (Å²) in [5.74, 6) is -0.991. The molecule has 0 aromatic rings. The number of ether oxygens (including phenoxy) is 2. The number of esters is 1. The first-order valence-electron chi connectivity index (χ1n) is 3.66. The fourth-order valence-corrected chi connectivity index (χ4v) is 0.588. The van der Waals surface area contributed by atoms with Gasteiger partial charge in [-0.3, -0.25) is 10.1 Å². The van der Waals surface area contributed by atoms with Gasteiger partial charge >= 0.3 is 12.2 Å².